The highest BCUT2D eigenvalue weighted by Crippen LogP contribution is 2.45. The number of benzene rings is 4. The number of nitrogens with one attached hydrogen (secondary N) is 4. The Balaban J connectivity index is 1.36. The van der Waals surface area contributed by atoms with Gasteiger partial charge in [0.15, 0.2) is 6.29 Å². The van der Waals surface area contributed by atoms with E-state index in [2.05, 4.69) is 21.3 Å². The summed E-state index contributed by atoms with van der Waals surface area (Å²) in [5, 5.41) is 14.2. The van der Waals surface area contributed by atoms with Crippen LogP contribution in [0.5, 0.6) is 5.75 Å². The molecule has 0 bridgehead atoms. The monoisotopic (exact) mass is 722 g/mol. The second-order valence-electron chi connectivity index (χ2n) is 14.6. The van der Waals surface area contributed by atoms with E-state index in [-0.39, 0.29) is 36.4 Å². The van der Waals surface area contributed by atoms with Crippen LogP contribution in [-0.4, -0.2) is 55.5 Å². The SMILES string of the molecule is CCOC(CC(NC(=O)[C@H](Cc1ccc(OC(C)(C)C)cc1)NC(=O)C1(CNC(=O)NCc2ccccc2)CC1)c1cccc2ccccc12)OCC. The van der Waals surface area contributed by atoms with Crippen molar-refractivity contribution < 1.29 is 28.6 Å². The molecule has 1 aliphatic carbocycles. The summed E-state index contributed by atoms with van der Waals surface area (Å²) in [6, 6.07) is 29.6. The zero-order chi connectivity index (χ0) is 37.8. The van der Waals surface area contributed by atoms with Gasteiger partial charge in [0.25, 0.3) is 0 Å². The molecule has 0 aliphatic heterocycles. The lowest BCUT2D eigenvalue weighted by molar-refractivity contribution is -0.145. The van der Waals surface area contributed by atoms with E-state index in [0.717, 1.165) is 27.5 Å². The number of fused-ring (bicyclic) bond motifs is 1. The molecule has 0 aromatic heterocycles. The number of carbonyl (C=O) groups excluding carboxylic acids is 3. The molecule has 1 saturated carbocycles. The van der Waals surface area contributed by atoms with Crippen molar-refractivity contribution >= 4 is 28.6 Å². The van der Waals surface area contributed by atoms with Gasteiger partial charge < -0.3 is 35.5 Å². The van der Waals surface area contributed by atoms with Crippen LogP contribution in [0, 0.1) is 5.41 Å². The number of urea groups is 1. The number of carbonyl (C=O) groups is 3. The summed E-state index contributed by atoms with van der Waals surface area (Å²) in [5.41, 5.74) is 1.61. The van der Waals surface area contributed by atoms with Crippen molar-refractivity contribution in [2.45, 2.75) is 90.8 Å². The summed E-state index contributed by atoms with van der Waals surface area (Å²) in [6.07, 6.45) is 1.28. The van der Waals surface area contributed by atoms with Crippen molar-refractivity contribution in [2.24, 2.45) is 5.41 Å². The van der Waals surface area contributed by atoms with Crippen LogP contribution in [0.4, 0.5) is 4.79 Å². The Bertz CT molecular complexity index is 1790. The van der Waals surface area contributed by atoms with E-state index >= 15 is 0 Å². The van der Waals surface area contributed by atoms with Crippen LogP contribution in [0.15, 0.2) is 97.1 Å². The van der Waals surface area contributed by atoms with Gasteiger partial charge in [0.2, 0.25) is 11.8 Å². The Morgan fingerprint density at radius 2 is 1.42 bits per heavy atom. The molecule has 0 radical (unpaired) electrons. The fourth-order valence-corrected chi connectivity index (χ4v) is 6.37. The van der Waals surface area contributed by atoms with Crippen LogP contribution < -0.4 is 26.0 Å². The quantitative estimate of drug-likeness (QED) is 0.0823. The molecule has 10 nitrogen and oxygen atoms in total. The third-order valence-electron chi connectivity index (χ3n) is 9.28. The van der Waals surface area contributed by atoms with Gasteiger partial charge in [0, 0.05) is 39.1 Å². The summed E-state index contributed by atoms with van der Waals surface area (Å²) < 4.78 is 17.9. The molecule has 2 atom stereocenters. The molecule has 1 unspecified atom stereocenters. The molecule has 0 heterocycles. The summed E-state index contributed by atoms with van der Waals surface area (Å²) in [4.78, 5) is 41.1. The first-order valence-electron chi connectivity index (χ1n) is 18.6. The van der Waals surface area contributed by atoms with Crippen molar-refractivity contribution in [2.75, 3.05) is 19.8 Å². The molecule has 4 aromatic rings. The first-order chi connectivity index (χ1) is 25.5. The minimum Gasteiger partial charge on any atom is -0.488 e. The number of amides is 4. The van der Waals surface area contributed by atoms with Crippen molar-refractivity contribution in [3.63, 3.8) is 0 Å². The first kappa shape index (κ1) is 39.3. The van der Waals surface area contributed by atoms with Crippen molar-refractivity contribution in [1.82, 2.24) is 21.3 Å². The highest BCUT2D eigenvalue weighted by atomic mass is 16.7. The Labute approximate surface area is 313 Å². The molecule has 4 aromatic carbocycles. The van der Waals surface area contributed by atoms with Crippen molar-refractivity contribution in [3.8, 4) is 5.75 Å². The van der Waals surface area contributed by atoms with Crippen LogP contribution in [0.1, 0.15) is 76.6 Å². The smallest absolute Gasteiger partial charge is 0.315 e. The minimum absolute atomic E-state index is 0.162. The van der Waals surface area contributed by atoms with Gasteiger partial charge in [0.1, 0.15) is 17.4 Å². The van der Waals surface area contributed by atoms with Gasteiger partial charge in [-0.15, -0.1) is 0 Å². The van der Waals surface area contributed by atoms with Gasteiger partial charge in [-0.05, 0) is 87.1 Å². The molecule has 5 rings (SSSR count). The predicted molar refractivity (Wildman–Crippen MR) is 207 cm³/mol. The normalized spacial score (nSPS) is 14.6. The topological polar surface area (TPSA) is 127 Å². The van der Waals surface area contributed by atoms with E-state index in [1.807, 2.05) is 132 Å². The molecule has 1 fully saturated rings. The second-order valence-corrected chi connectivity index (χ2v) is 14.6. The average molecular weight is 723 g/mol. The highest BCUT2D eigenvalue weighted by molar-refractivity contribution is 5.93. The fourth-order valence-electron chi connectivity index (χ4n) is 6.37. The van der Waals surface area contributed by atoms with Gasteiger partial charge in [-0.2, -0.15) is 0 Å². The zero-order valence-corrected chi connectivity index (χ0v) is 31.6. The summed E-state index contributed by atoms with van der Waals surface area (Å²) in [7, 11) is 0. The molecule has 4 N–H and O–H groups in total. The lowest BCUT2D eigenvalue weighted by Gasteiger charge is -2.29. The van der Waals surface area contributed by atoms with E-state index in [1.165, 1.54) is 0 Å². The Morgan fingerprint density at radius 3 is 2.08 bits per heavy atom. The van der Waals surface area contributed by atoms with Crippen LogP contribution in [0.2, 0.25) is 0 Å². The molecule has 53 heavy (non-hydrogen) atoms. The Morgan fingerprint density at radius 1 is 0.755 bits per heavy atom. The Hall–Kier alpha value is -4.93. The molecule has 282 valence electrons. The van der Waals surface area contributed by atoms with Gasteiger partial charge in [-0.25, -0.2) is 4.79 Å². The molecule has 0 saturated heterocycles. The lowest BCUT2D eigenvalue weighted by Crippen LogP contribution is -2.52. The van der Waals surface area contributed by atoms with Crippen molar-refractivity contribution in [3.05, 3.63) is 114 Å². The summed E-state index contributed by atoms with van der Waals surface area (Å²) in [6.45, 7) is 11.2. The van der Waals surface area contributed by atoms with Crippen LogP contribution in [-0.2, 0) is 32.0 Å². The van der Waals surface area contributed by atoms with Gasteiger partial charge >= 0.3 is 6.03 Å². The maximum Gasteiger partial charge on any atom is 0.315 e. The zero-order valence-electron chi connectivity index (χ0n) is 31.6. The van der Waals surface area contributed by atoms with E-state index in [9.17, 15) is 14.4 Å². The van der Waals surface area contributed by atoms with Gasteiger partial charge in [-0.1, -0.05) is 84.9 Å². The standard InChI is InChI=1S/C43H54N4O6/c1-6-51-38(52-7-2)27-36(35-19-13-17-32-16-11-12-18-34(32)35)46-39(48)37(26-30-20-22-33(23-21-30)53-42(3,4)5)47-40(49)43(24-25-43)29-45-41(50)44-28-31-14-9-8-10-15-31/h8-23,36-38H,6-7,24-29H2,1-5H3,(H,46,48)(H,47,49)(H2,44,45,50)/t36?,37-/m0/s1. The molecule has 1 aliphatic rings. The molecule has 4 amide bonds. The number of rotatable bonds is 18. The minimum atomic E-state index is -0.906. The predicted octanol–water partition coefficient (Wildman–Crippen LogP) is 6.97. The summed E-state index contributed by atoms with van der Waals surface area (Å²) in [5.74, 6) is 0.119. The number of ether oxygens (including phenoxy) is 3. The van der Waals surface area contributed by atoms with Crippen molar-refractivity contribution in [1.29, 1.82) is 0 Å². The Kier molecular flexibility index (Phi) is 13.5. The average Bonchev–Trinajstić information content (AvgIpc) is 3.94. The van der Waals surface area contributed by atoms with E-state index in [1.54, 1.807) is 0 Å². The summed E-state index contributed by atoms with van der Waals surface area (Å²) >= 11 is 0. The van der Waals surface area contributed by atoms with E-state index in [4.69, 9.17) is 14.2 Å². The van der Waals surface area contributed by atoms with E-state index < -0.39 is 23.8 Å². The second kappa shape index (κ2) is 18.2. The highest BCUT2D eigenvalue weighted by Gasteiger charge is 2.50. The third-order valence-corrected chi connectivity index (χ3v) is 9.28. The molecule has 0 spiro atoms. The fraction of sp³-hybridized carbons (Fsp3) is 0.419. The largest absolute Gasteiger partial charge is 0.488 e. The van der Waals surface area contributed by atoms with Crippen LogP contribution >= 0.6 is 0 Å². The first-order valence-corrected chi connectivity index (χ1v) is 18.6. The maximum atomic E-state index is 14.5. The number of hydrogen-bond acceptors (Lipinski definition) is 6. The number of hydrogen-bond donors (Lipinski definition) is 4. The molecular weight excluding hydrogens is 668 g/mol. The van der Waals surface area contributed by atoms with Gasteiger partial charge in [0.05, 0.1) is 11.5 Å². The van der Waals surface area contributed by atoms with E-state index in [0.29, 0.717) is 44.8 Å². The molecular formula is C43H54N4O6. The maximum absolute atomic E-state index is 14.5. The van der Waals surface area contributed by atoms with Crippen LogP contribution in [0.3, 0.4) is 0 Å². The lowest BCUT2D eigenvalue weighted by atomic mass is 9.95. The molecule has 10 heteroatoms. The van der Waals surface area contributed by atoms with Gasteiger partial charge in [-0.3, -0.25) is 9.59 Å². The third kappa shape index (κ3) is 11.5. The van der Waals surface area contributed by atoms with Crippen LogP contribution in [0.25, 0.3) is 10.8 Å².